The first kappa shape index (κ1) is 34.1. The van der Waals surface area contributed by atoms with Crippen LogP contribution in [0.25, 0.3) is 16.9 Å². The fraction of sp³-hybridized carbons (Fsp3) is 0.263. The number of nitrogens with one attached hydrogen (secondary N) is 2. The number of fused-ring (bicyclic) bond motifs is 1. The number of anilines is 1. The third kappa shape index (κ3) is 6.52. The van der Waals surface area contributed by atoms with Crippen molar-refractivity contribution in [1.29, 1.82) is 0 Å². The van der Waals surface area contributed by atoms with E-state index in [4.69, 9.17) is 0 Å². The number of benzene rings is 3. The van der Waals surface area contributed by atoms with Crippen molar-refractivity contribution in [1.82, 2.24) is 34.9 Å². The third-order valence-electron chi connectivity index (χ3n) is 10.5. The smallest absolute Gasteiger partial charge is 0.284 e. The van der Waals surface area contributed by atoms with E-state index in [0.29, 0.717) is 45.5 Å². The number of aryl methyl sites for hydroxylation is 2. The molecule has 2 aliphatic rings. The van der Waals surface area contributed by atoms with Gasteiger partial charge in [-0.15, -0.1) is 5.10 Å². The summed E-state index contributed by atoms with van der Waals surface area (Å²) in [5.74, 6) is -1.09. The van der Waals surface area contributed by atoms with Crippen molar-refractivity contribution >= 4 is 40.6 Å². The van der Waals surface area contributed by atoms with Crippen LogP contribution in [0.3, 0.4) is 0 Å². The Bertz CT molecular complexity index is 2410. The van der Waals surface area contributed by atoms with Crippen LogP contribution in [-0.4, -0.2) is 52.9 Å². The predicted octanol–water partition coefficient (Wildman–Crippen LogP) is 7.05. The van der Waals surface area contributed by atoms with Crippen LogP contribution >= 0.6 is 11.8 Å². The summed E-state index contributed by atoms with van der Waals surface area (Å²) >= 11 is 1.14. The zero-order valence-corrected chi connectivity index (χ0v) is 29.7. The molecule has 13 nitrogen and oxygen atoms in total. The minimum atomic E-state index is -0.511. The van der Waals surface area contributed by atoms with Crippen molar-refractivity contribution in [3.05, 3.63) is 124 Å². The molecule has 0 bridgehead atoms. The van der Waals surface area contributed by atoms with Gasteiger partial charge in [-0.05, 0) is 93.1 Å². The van der Waals surface area contributed by atoms with E-state index in [1.807, 2.05) is 55.1 Å². The Morgan fingerprint density at radius 2 is 1.79 bits per heavy atom. The molecule has 3 heterocycles. The van der Waals surface area contributed by atoms with E-state index >= 15 is 0 Å². The predicted molar refractivity (Wildman–Crippen MR) is 195 cm³/mol. The van der Waals surface area contributed by atoms with Crippen LogP contribution in [0.15, 0.2) is 95.0 Å². The van der Waals surface area contributed by atoms with Crippen molar-refractivity contribution in [3.63, 3.8) is 0 Å². The van der Waals surface area contributed by atoms with Crippen LogP contribution in [0.5, 0.6) is 0 Å². The van der Waals surface area contributed by atoms with Gasteiger partial charge in [0.15, 0.2) is 5.65 Å². The number of halogens is 1. The fourth-order valence-corrected chi connectivity index (χ4v) is 8.38. The largest absolute Gasteiger partial charge is 0.351 e. The highest BCUT2D eigenvalue weighted by Crippen LogP contribution is 2.74. The normalized spacial score (nSPS) is 17.0. The third-order valence-corrected chi connectivity index (χ3v) is 11.6. The van der Waals surface area contributed by atoms with E-state index in [2.05, 4.69) is 31.0 Å². The molecule has 0 aliphatic heterocycles. The van der Waals surface area contributed by atoms with Gasteiger partial charge in [-0.1, -0.05) is 35.5 Å². The lowest BCUT2D eigenvalue weighted by Gasteiger charge is -2.33. The summed E-state index contributed by atoms with van der Waals surface area (Å²) < 4.78 is 16.8. The number of nitrogens with zero attached hydrogens (tertiary/aromatic N) is 7. The first-order chi connectivity index (χ1) is 25.5. The van der Waals surface area contributed by atoms with Crippen LogP contribution in [0.1, 0.15) is 57.8 Å². The topological polar surface area (TPSA) is 162 Å². The highest BCUT2D eigenvalue weighted by Gasteiger charge is 2.69. The maximum atomic E-state index is 13.4. The highest BCUT2D eigenvalue weighted by molar-refractivity contribution is 7.99. The molecule has 1 unspecified atom stereocenters. The molecule has 2 saturated carbocycles. The van der Waals surface area contributed by atoms with Crippen LogP contribution in [-0.2, 0) is 6.54 Å². The minimum absolute atomic E-state index is 0.127. The Hall–Kier alpha value is -5.96. The van der Waals surface area contributed by atoms with Crippen LogP contribution in [0, 0.1) is 40.6 Å². The molecule has 15 heteroatoms. The average molecular weight is 732 g/mol. The van der Waals surface area contributed by atoms with Gasteiger partial charge in [-0.3, -0.25) is 24.4 Å². The van der Waals surface area contributed by atoms with E-state index < -0.39 is 10.7 Å². The second-order valence-electron chi connectivity index (χ2n) is 13.9. The number of nitro benzene ring substituents is 1. The van der Waals surface area contributed by atoms with Crippen molar-refractivity contribution in [2.24, 2.45) is 10.8 Å². The Labute approximate surface area is 307 Å². The number of nitro groups is 1. The number of aromatic nitrogens is 6. The van der Waals surface area contributed by atoms with E-state index in [0.717, 1.165) is 54.4 Å². The van der Waals surface area contributed by atoms with E-state index in [9.17, 15) is 24.1 Å². The molecule has 6 aromatic rings. The first-order valence-corrected chi connectivity index (χ1v) is 18.0. The summed E-state index contributed by atoms with van der Waals surface area (Å²) in [4.78, 5) is 43.4. The van der Waals surface area contributed by atoms with Crippen LogP contribution in [0.2, 0.25) is 0 Å². The average Bonchev–Trinajstić information content (AvgIpc) is 3.35. The van der Waals surface area contributed by atoms with Crippen LogP contribution < -0.4 is 10.6 Å². The summed E-state index contributed by atoms with van der Waals surface area (Å²) in [6.07, 6.45) is 7.63. The molecular formula is C38H34FN9O4S. The Kier molecular flexibility index (Phi) is 8.52. The Balaban J connectivity index is 0.924. The van der Waals surface area contributed by atoms with E-state index in [1.165, 1.54) is 24.4 Å². The summed E-state index contributed by atoms with van der Waals surface area (Å²) in [6, 6.07) is 19.4. The number of amides is 2. The molecule has 1 atom stereocenters. The molecule has 3 aromatic heterocycles. The van der Waals surface area contributed by atoms with Gasteiger partial charge in [-0.2, -0.15) is 5.10 Å². The van der Waals surface area contributed by atoms with Crippen molar-refractivity contribution < 1.29 is 18.9 Å². The van der Waals surface area contributed by atoms with Gasteiger partial charge < -0.3 is 10.6 Å². The van der Waals surface area contributed by atoms with Gasteiger partial charge in [0, 0.05) is 51.1 Å². The molecule has 2 aliphatic carbocycles. The molecule has 0 saturated heterocycles. The zero-order valence-electron chi connectivity index (χ0n) is 28.9. The van der Waals surface area contributed by atoms with Gasteiger partial charge in [0.05, 0.1) is 28.8 Å². The number of carbonyl (C=O) groups excluding carboxylic acids is 2. The number of carbonyl (C=O) groups is 2. The quantitative estimate of drug-likeness (QED) is 0.105. The molecule has 3 aromatic carbocycles. The van der Waals surface area contributed by atoms with Crippen LogP contribution in [0.4, 0.5) is 15.8 Å². The molecule has 2 fully saturated rings. The molecule has 2 N–H and O–H groups in total. The lowest BCUT2D eigenvalue weighted by molar-refractivity contribution is -0.387. The molecule has 8 rings (SSSR count). The summed E-state index contributed by atoms with van der Waals surface area (Å²) in [6.45, 7) is 4.75. The van der Waals surface area contributed by atoms with Crippen molar-refractivity contribution in [2.75, 3.05) is 11.9 Å². The SMILES string of the molecule is Cc1cc(C)n2ncc(C(=O)Nc3ccc(-c4cn(CC5(CNC(=O)c6ccc(Sc7ccc(F)cc7)c([N+](=O)[O-])c6)CC56CCC6)nn4)cc3)c2n1. The molecule has 268 valence electrons. The number of hydrogen-bond acceptors (Lipinski definition) is 9. The van der Waals surface area contributed by atoms with Gasteiger partial charge in [0.25, 0.3) is 17.5 Å². The van der Waals surface area contributed by atoms with Crippen molar-refractivity contribution in [2.45, 2.75) is 55.9 Å². The molecule has 2 amide bonds. The van der Waals surface area contributed by atoms with E-state index in [-0.39, 0.29) is 33.9 Å². The van der Waals surface area contributed by atoms with Gasteiger partial charge in [0.1, 0.15) is 17.1 Å². The van der Waals surface area contributed by atoms with Crippen molar-refractivity contribution in [3.8, 4) is 11.3 Å². The number of hydrogen-bond donors (Lipinski definition) is 2. The van der Waals surface area contributed by atoms with E-state index in [1.54, 1.807) is 28.8 Å². The summed E-state index contributed by atoms with van der Waals surface area (Å²) in [5, 5.41) is 31.1. The second-order valence-corrected chi connectivity index (χ2v) is 15.1. The first-order valence-electron chi connectivity index (χ1n) is 17.2. The summed E-state index contributed by atoms with van der Waals surface area (Å²) in [7, 11) is 0. The Morgan fingerprint density at radius 3 is 2.49 bits per heavy atom. The minimum Gasteiger partial charge on any atom is -0.351 e. The highest BCUT2D eigenvalue weighted by atomic mass is 32.2. The molecular weight excluding hydrogens is 698 g/mol. The lowest BCUT2D eigenvalue weighted by Crippen LogP contribution is -2.37. The summed E-state index contributed by atoms with van der Waals surface area (Å²) in [5.41, 5.74) is 4.61. The Morgan fingerprint density at radius 1 is 1.02 bits per heavy atom. The second kappa shape index (κ2) is 13.2. The lowest BCUT2D eigenvalue weighted by atomic mass is 9.75. The molecule has 53 heavy (non-hydrogen) atoms. The maximum Gasteiger partial charge on any atom is 0.284 e. The fourth-order valence-electron chi connectivity index (χ4n) is 7.48. The van der Waals surface area contributed by atoms with Gasteiger partial charge in [0.2, 0.25) is 0 Å². The van der Waals surface area contributed by atoms with Gasteiger partial charge >= 0.3 is 0 Å². The molecule has 1 spiro atoms. The monoisotopic (exact) mass is 731 g/mol. The zero-order chi connectivity index (χ0) is 36.9. The number of rotatable bonds is 11. The molecule has 0 radical (unpaired) electrons. The van der Waals surface area contributed by atoms with Gasteiger partial charge in [-0.25, -0.2) is 13.9 Å². The maximum absolute atomic E-state index is 13.4. The standard InChI is InChI=1S/C38H34FN9O4S/c1-23-16-24(2)47-34(42-23)30(18-41-47)36(50)43-28-9-4-25(5-10-28)31-19-46(45-44-31)22-38(20-37(38)14-3-15-37)21-40-35(49)26-6-13-33(32(17-26)48(51)52)53-29-11-7-27(39)8-12-29/h4-13,16-19H,3,14-15,20-22H2,1-2H3,(H,40,49)(H,43,50).